The monoisotopic (exact) mass is 496 g/mol. The summed E-state index contributed by atoms with van der Waals surface area (Å²) < 4.78 is 7.77. The summed E-state index contributed by atoms with van der Waals surface area (Å²) in [6.07, 6.45) is 6.13. The van der Waals surface area contributed by atoms with Gasteiger partial charge in [0.15, 0.2) is 10.9 Å². The zero-order valence-corrected chi connectivity index (χ0v) is 20.5. The zero-order chi connectivity index (χ0) is 24.1. The van der Waals surface area contributed by atoms with Crippen molar-refractivity contribution >= 4 is 51.3 Å². The molecule has 10 heteroatoms. The van der Waals surface area contributed by atoms with Crippen LogP contribution >= 0.6 is 23.6 Å². The number of carboxylic acid groups (broad SMARTS) is 1. The predicted molar refractivity (Wildman–Crippen MR) is 137 cm³/mol. The minimum Gasteiger partial charge on any atom is -0.494 e. The molecule has 0 aliphatic heterocycles. The molecule has 1 fully saturated rings. The number of carbonyl (C=O) groups is 1. The molecule has 3 aromatic rings. The van der Waals surface area contributed by atoms with Gasteiger partial charge in [-0.15, -0.1) is 11.3 Å². The number of thiocarbonyl (C=S) groups is 1. The first kappa shape index (κ1) is 22.5. The number of thiophene rings is 1. The molecular formula is C24H24N4O4S2. The van der Waals surface area contributed by atoms with Crippen LogP contribution in [0.1, 0.15) is 52.5 Å². The molecular weight excluding hydrogens is 472 g/mol. The Morgan fingerprint density at radius 2 is 2.09 bits per heavy atom. The minimum atomic E-state index is -1.22. The standard InChI is InChI=1S/C24H24N4O4S2/c1-27(24(25)33)26-17-4-3-5-18-15(17)10-19(34-18)13-8-9-14-20(22(13)32-2)28(12-6-7-12)11-16(21(14)29)23(30)31/h8-12H,3-7H2,1-2H3,(H2,25,33)(H,30,31)/b26-17-. The van der Waals surface area contributed by atoms with Crippen molar-refractivity contribution in [2.45, 2.75) is 38.1 Å². The maximum atomic E-state index is 13.0. The summed E-state index contributed by atoms with van der Waals surface area (Å²) in [6, 6.07) is 5.84. The number of hydrogen-bond donors (Lipinski definition) is 2. The molecule has 1 aromatic carbocycles. The Hall–Kier alpha value is -3.24. The summed E-state index contributed by atoms with van der Waals surface area (Å²) in [7, 11) is 3.33. The number of aromatic carboxylic acids is 1. The van der Waals surface area contributed by atoms with E-state index in [1.165, 1.54) is 16.1 Å². The van der Waals surface area contributed by atoms with Gasteiger partial charge in [0.1, 0.15) is 5.56 Å². The molecule has 0 spiro atoms. The molecule has 0 unspecified atom stereocenters. The molecule has 34 heavy (non-hydrogen) atoms. The molecule has 8 nitrogen and oxygen atoms in total. The topological polar surface area (TPSA) is 110 Å². The van der Waals surface area contributed by atoms with Gasteiger partial charge < -0.3 is 20.1 Å². The second-order valence-corrected chi connectivity index (χ2v) is 10.1. The van der Waals surface area contributed by atoms with Gasteiger partial charge in [0, 0.05) is 40.2 Å². The molecule has 0 radical (unpaired) electrons. The van der Waals surface area contributed by atoms with Crippen LogP contribution < -0.4 is 15.9 Å². The average molecular weight is 497 g/mol. The Morgan fingerprint density at radius 1 is 1.32 bits per heavy atom. The Kier molecular flexibility index (Phi) is 5.65. The number of rotatable bonds is 5. The van der Waals surface area contributed by atoms with Crippen LogP contribution in [0.4, 0.5) is 0 Å². The van der Waals surface area contributed by atoms with Crippen LogP contribution in [-0.2, 0) is 6.42 Å². The zero-order valence-electron chi connectivity index (χ0n) is 18.8. The fraction of sp³-hybridized carbons (Fsp3) is 0.333. The highest BCUT2D eigenvalue weighted by Gasteiger charge is 2.30. The molecule has 0 bridgehead atoms. The van der Waals surface area contributed by atoms with Crippen molar-refractivity contribution in [1.82, 2.24) is 9.58 Å². The number of aromatic nitrogens is 1. The molecule has 0 atom stereocenters. The highest BCUT2D eigenvalue weighted by atomic mass is 32.1. The Balaban J connectivity index is 1.71. The lowest BCUT2D eigenvalue weighted by molar-refractivity contribution is 0.0695. The minimum absolute atomic E-state index is 0.163. The van der Waals surface area contributed by atoms with Crippen LogP contribution in [0, 0.1) is 0 Å². The second-order valence-electron chi connectivity index (χ2n) is 8.57. The maximum absolute atomic E-state index is 13.0. The van der Waals surface area contributed by atoms with Gasteiger partial charge in [-0.1, -0.05) is 0 Å². The van der Waals surface area contributed by atoms with Crippen LogP contribution in [-0.4, -0.2) is 45.6 Å². The van der Waals surface area contributed by atoms with Gasteiger partial charge in [0.2, 0.25) is 5.43 Å². The number of fused-ring (bicyclic) bond motifs is 2. The van der Waals surface area contributed by atoms with Crippen LogP contribution in [0.25, 0.3) is 21.3 Å². The van der Waals surface area contributed by atoms with Gasteiger partial charge in [0.05, 0.1) is 23.7 Å². The maximum Gasteiger partial charge on any atom is 0.341 e. The van der Waals surface area contributed by atoms with E-state index >= 15 is 0 Å². The molecule has 0 saturated heterocycles. The van der Waals surface area contributed by atoms with E-state index in [9.17, 15) is 14.7 Å². The highest BCUT2D eigenvalue weighted by Crippen LogP contribution is 2.45. The Morgan fingerprint density at radius 3 is 2.74 bits per heavy atom. The van der Waals surface area contributed by atoms with Gasteiger partial charge >= 0.3 is 5.97 Å². The molecule has 5 rings (SSSR count). The lowest BCUT2D eigenvalue weighted by Gasteiger charge is -2.17. The van der Waals surface area contributed by atoms with Crippen molar-refractivity contribution in [3.05, 3.63) is 50.6 Å². The number of pyridine rings is 1. The molecule has 176 valence electrons. The molecule has 2 heterocycles. The summed E-state index contributed by atoms with van der Waals surface area (Å²) >= 11 is 6.72. The van der Waals surface area contributed by atoms with E-state index in [2.05, 4.69) is 11.2 Å². The van der Waals surface area contributed by atoms with Crippen molar-refractivity contribution in [1.29, 1.82) is 0 Å². The molecule has 2 aliphatic rings. The quantitative estimate of drug-likeness (QED) is 0.406. The highest BCUT2D eigenvalue weighted by molar-refractivity contribution is 7.80. The van der Waals surface area contributed by atoms with Crippen molar-refractivity contribution in [2.24, 2.45) is 10.8 Å². The van der Waals surface area contributed by atoms with Crippen LogP contribution in [0.5, 0.6) is 5.75 Å². The molecule has 0 amide bonds. The summed E-state index contributed by atoms with van der Waals surface area (Å²) in [5.41, 5.74) is 8.54. The SMILES string of the molecule is COc1c(-c2cc3c(s2)CCC/C3=N/N(C)C(N)=S)ccc2c(=O)c(C(=O)O)cn(C3CC3)c12. The van der Waals surface area contributed by atoms with Gasteiger partial charge in [-0.3, -0.25) is 4.79 Å². The van der Waals surface area contributed by atoms with Gasteiger partial charge in [0.25, 0.3) is 0 Å². The molecule has 2 aromatic heterocycles. The third kappa shape index (κ3) is 3.76. The lowest BCUT2D eigenvalue weighted by Crippen LogP contribution is -2.29. The van der Waals surface area contributed by atoms with Gasteiger partial charge in [-0.25, -0.2) is 9.80 Å². The fourth-order valence-corrected chi connectivity index (χ4v) is 5.78. The number of nitrogens with two attached hydrogens (primary N) is 1. The number of hydrazone groups is 1. The summed E-state index contributed by atoms with van der Waals surface area (Å²) in [6.45, 7) is 0. The van der Waals surface area contributed by atoms with Crippen LogP contribution in [0.2, 0.25) is 0 Å². The molecule has 1 saturated carbocycles. The first-order valence-corrected chi connectivity index (χ1v) is 12.3. The molecule has 3 N–H and O–H groups in total. The van der Waals surface area contributed by atoms with Crippen molar-refractivity contribution in [3.63, 3.8) is 0 Å². The van der Waals surface area contributed by atoms with E-state index in [0.29, 0.717) is 16.7 Å². The average Bonchev–Trinajstić information content (AvgIpc) is 3.56. The van der Waals surface area contributed by atoms with E-state index in [1.807, 2.05) is 10.6 Å². The summed E-state index contributed by atoms with van der Waals surface area (Å²) in [5, 5.41) is 16.3. The van der Waals surface area contributed by atoms with Crippen LogP contribution in [0.3, 0.4) is 0 Å². The number of methoxy groups -OCH3 is 1. The van der Waals surface area contributed by atoms with Crippen molar-refractivity contribution in [2.75, 3.05) is 14.2 Å². The molecule has 2 aliphatic carbocycles. The summed E-state index contributed by atoms with van der Waals surface area (Å²) in [5.74, 6) is -0.639. The number of aryl methyl sites for hydroxylation is 1. The lowest BCUT2D eigenvalue weighted by atomic mass is 9.96. The largest absolute Gasteiger partial charge is 0.494 e. The fourth-order valence-electron chi connectivity index (χ4n) is 4.49. The number of carboxylic acids is 1. The van der Waals surface area contributed by atoms with E-state index in [0.717, 1.165) is 53.8 Å². The first-order valence-electron chi connectivity index (χ1n) is 11.0. The predicted octanol–water partition coefficient (Wildman–Crippen LogP) is 3.99. The normalized spacial score (nSPS) is 16.5. The number of ether oxygens (including phenoxy) is 1. The van der Waals surface area contributed by atoms with Gasteiger partial charge in [-0.2, -0.15) is 5.10 Å². The number of nitrogens with zero attached hydrogens (tertiary/aromatic N) is 3. The smallest absolute Gasteiger partial charge is 0.341 e. The van der Waals surface area contributed by atoms with E-state index < -0.39 is 11.4 Å². The second kappa shape index (κ2) is 8.52. The van der Waals surface area contributed by atoms with Crippen molar-refractivity contribution in [3.8, 4) is 16.2 Å². The Labute approximate surface area is 205 Å². The number of hydrogen-bond acceptors (Lipinski definition) is 6. The first-order chi connectivity index (χ1) is 16.3. The van der Waals surface area contributed by atoms with E-state index in [4.69, 9.17) is 22.7 Å². The third-order valence-corrected chi connectivity index (χ3v) is 7.81. The van der Waals surface area contributed by atoms with Gasteiger partial charge in [-0.05, 0) is 62.5 Å². The summed E-state index contributed by atoms with van der Waals surface area (Å²) in [4.78, 5) is 26.9. The van der Waals surface area contributed by atoms with Crippen molar-refractivity contribution < 1.29 is 14.6 Å². The third-order valence-electron chi connectivity index (χ3n) is 6.31. The number of benzene rings is 1. The van der Waals surface area contributed by atoms with E-state index in [-0.39, 0.29) is 16.7 Å². The van der Waals surface area contributed by atoms with E-state index in [1.54, 1.807) is 31.6 Å². The van der Waals surface area contributed by atoms with Crippen LogP contribution in [0.15, 0.2) is 34.3 Å². The Bertz CT molecular complexity index is 1430.